The zero-order valence-electron chi connectivity index (χ0n) is 15.7. The summed E-state index contributed by atoms with van der Waals surface area (Å²) in [5.74, 6) is 0.183. The normalized spacial score (nSPS) is 11.2. The van der Waals surface area contributed by atoms with Crippen LogP contribution in [0.4, 0.5) is 0 Å². The van der Waals surface area contributed by atoms with Gasteiger partial charge in [0.1, 0.15) is 5.69 Å². The number of aromatic hydroxyl groups is 1. The molecule has 0 fully saturated rings. The molecule has 142 valence electrons. The van der Waals surface area contributed by atoms with E-state index in [1.807, 2.05) is 66.2 Å². The number of rotatable bonds is 5. The Kier molecular flexibility index (Phi) is 4.58. The molecule has 5 aromatic rings. The van der Waals surface area contributed by atoms with Crippen molar-refractivity contribution in [2.24, 2.45) is 0 Å². The third kappa shape index (κ3) is 3.52. The molecule has 0 aliphatic heterocycles. The van der Waals surface area contributed by atoms with Crippen molar-refractivity contribution in [3.05, 3.63) is 106 Å². The minimum absolute atomic E-state index is 0.183. The lowest BCUT2D eigenvalue weighted by Crippen LogP contribution is -2.00. The molecule has 3 heterocycles. The number of hydrogen-bond acceptors (Lipinski definition) is 4. The van der Waals surface area contributed by atoms with E-state index < -0.39 is 0 Å². The molecule has 3 aromatic heterocycles. The number of aromatic nitrogens is 3. The van der Waals surface area contributed by atoms with Crippen LogP contribution in [0, 0.1) is 0 Å². The van der Waals surface area contributed by atoms with Crippen molar-refractivity contribution in [1.29, 1.82) is 0 Å². The first-order valence-electron chi connectivity index (χ1n) is 9.49. The second kappa shape index (κ2) is 7.53. The summed E-state index contributed by atoms with van der Waals surface area (Å²) >= 11 is 1.67. The molecule has 0 bridgehead atoms. The van der Waals surface area contributed by atoms with Gasteiger partial charge in [-0.1, -0.05) is 66.7 Å². The highest BCUT2D eigenvalue weighted by Crippen LogP contribution is 2.28. The first-order chi connectivity index (χ1) is 14.3. The van der Waals surface area contributed by atoms with Gasteiger partial charge < -0.3 is 5.11 Å². The van der Waals surface area contributed by atoms with Crippen LogP contribution >= 0.6 is 11.3 Å². The highest BCUT2D eigenvalue weighted by atomic mass is 32.1. The van der Waals surface area contributed by atoms with Crippen LogP contribution in [0.15, 0.2) is 84.4 Å². The molecule has 0 aliphatic carbocycles. The summed E-state index contributed by atoms with van der Waals surface area (Å²) in [5, 5.41) is 13.0. The van der Waals surface area contributed by atoms with E-state index in [0.29, 0.717) is 24.2 Å². The Labute approximate surface area is 172 Å². The van der Waals surface area contributed by atoms with Crippen LogP contribution < -0.4 is 0 Å². The summed E-state index contributed by atoms with van der Waals surface area (Å²) in [6.07, 6.45) is 3.13. The van der Waals surface area contributed by atoms with Gasteiger partial charge in [-0.05, 0) is 17.0 Å². The number of thiophene rings is 1. The van der Waals surface area contributed by atoms with E-state index in [4.69, 9.17) is 9.97 Å². The predicted molar refractivity (Wildman–Crippen MR) is 116 cm³/mol. The second-order valence-corrected chi connectivity index (χ2v) is 7.97. The molecule has 0 saturated carbocycles. The van der Waals surface area contributed by atoms with E-state index >= 15 is 0 Å². The maximum Gasteiger partial charge on any atom is 0.219 e. The Bertz CT molecular complexity index is 1250. The van der Waals surface area contributed by atoms with E-state index in [9.17, 15) is 5.11 Å². The zero-order valence-corrected chi connectivity index (χ0v) is 16.5. The van der Waals surface area contributed by atoms with E-state index in [1.54, 1.807) is 15.7 Å². The van der Waals surface area contributed by atoms with Gasteiger partial charge in [-0.2, -0.15) is 0 Å². The molecule has 0 aliphatic rings. The first-order valence-corrected chi connectivity index (χ1v) is 10.4. The van der Waals surface area contributed by atoms with Gasteiger partial charge in [0.25, 0.3) is 0 Å². The molecule has 0 saturated heterocycles. The quantitative estimate of drug-likeness (QED) is 0.435. The number of benzene rings is 2. The summed E-state index contributed by atoms with van der Waals surface area (Å²) in [7, 11) is 0. The highest BCUT2D eigenvalue weighted by Gasteiger charge is 2.18. The van der Waals surface area contributed by atoms with E-state index in [2.05, 4.69) is 18.2 Å². The molecule has 2 aromatic carbocycles. The molecule has 0 atom stereocenters. The minimum Gasteiger partial charge on any atom is -0.493 e. The number of fused-ring (bicyclic) bond motifs is 1. The molecule has 5 heteroatoms. The van der Waals surface area contributed by atoms with Crippen molar-refractivity contribution >= 4 is 17.0 Å². The van der Waals surface area contributed by atoms with Crippen LogP contribution in [-0.4, -0.2) is 19.5 Å². The summed E-state index contributed by atoms with van der Waals surface area (Å²) in [6, 6.07) is 24.3. The van der Waals surface area contributed by atoms with Crippen LogP contribution in [0.5, 0.6) is 5.88 Å². The van der Waals surface area contributed by atoms with Gasteiger partial charge in [0.05, 0.1) is 11.4 Å². The highest BCUT2D eigenvalue weighted by molar-refractivity contribution is 7.09. The number of hydrogen-bond donors (Lipinski definition) is 1. The summed E-state index contributed by atoms with van der Waals surface area (Å²) < 4.78 is 1.77. The SMILES string of the molecule is Oc1c(Cc2cccs2)nc2c(Cc3ccccc3)nc(-c3ccccc3)cn12. The van der Waals surface area contributed by atoms with Crippen LogP contribution in [0.2, 0.25) is 0 Å². The molecule has 0 unspecified atom stereocenters. The van der Waals surface area contributed by atoms with Gasteiger partial charge in [0.15, 0.2) is 5.65 Å². The average Bonchev–Trinajstić information content (AvgIpc) is 3.38. The Hall–Kier alpha value is -3.44. The van der Waals surface area contributed by atoms with E-state index in [0.717, 1.165) is 22.5 Å². The van der Waals surface area contributed by atoms with Gasteiger partial charge >= 0.3 is 0 Å². The van der Waals surface area contributed by atoms with E-state index in [-0.39, 0.29) is 5.88 Å². The molecular weight excluding hydrogens is 378 g/mol. The Morgan fingerprint density at radius 2 is 1.55 bits per heavy atom. The third-order valence-electron chi connectivity index (χ3n) is 4.93. The van der Waals surface area contributed by atoms with Gasteiger partial charge in [-0.25, -0.2) is 9.97 Å². The number of nitrogens with zero attached hydrogens (tertiary/aromatic N) is 3. The van der Waals surface area contributed by atoms with Crippen LogP contribution in [0.3, 0.4) is 0 Å². The number of imidazole rings is 1. The summed E-state index contributed by atoms with van der Waals surface area (Å²) in [6.45, 7) is 0. The molecule has 0 spiro atoms. The van der Waals surface area contributed by atoms with Gasteiger partial charge in [0, 0.05) is 29.5 Å². The van der Waals surface area contributed by atoms with Crippen LogP contribution in [0.25, 0.3) is 16.9 Å². The fourth-order valence-electron chi connectivity index (χ4n) is 3.50. The maximum atomic E-state index is 10.9. The Morgan fingerprint density at radius 1 is 0.793 bits per heavy atom. The molecule has 29 heavy (non-hydrogen) atoms. The lowest BCUT2D eigenvalue weighted by atomic mass is 10.1. The fraction of sp³-hybridized carbons (Fsp3) is 0.0833. The topological polar surface area (TPSA) is 50.4 Å². The molecule has 0 amide bonds. The molecule has 0 radical (unpaired) electrons. The van der Waals surface area contributed by atoms with Crippen molar-refractivity contribution < 1.29 is 5.11 Å². The van der Waals surface area contributed by atoms with Gasteiger partial charge in [-0.15, -0.1) is 11.3 Å². The smallest absolute Gasteiger partial charge is 0.219 e. The van der Waals surface area contributed by atoms with Gasteiger partial charge in [0.2, 0.25) is 5.88 Å². The molecule has 4 nitrogen and oxygen atoms in total. The lowest BCUT2D eigenvalue weighted by molar-refractivity contribution is 0.442. The van der Waals surface area contributed by atoms with Crippen molar-refractivity contribution in [2.75, 3.05) is 0 Å². The standard InChI is InChI=1S/C24H19N3OS/c28-24-21(15-19-12-7-13-29-19)26-23-20(14-17-8-3-1-4-9-17)25-22(16-27(23)24)18-10-5-2-6-11-18/h1-13,16,28H,14-15H2. The largest absolute Gasteiger partial charge is 0.493 e. The molecule has 1 N–H and O–H groups in total. The van der Waals surface area contributed by atoms with Crippen molar-refractivity contribution in [3.8, 4) is 17.1 Å². The lowest BCUT2D eigenvalue weighted by Gasteiger charge is -2.08. The molecular formula is C24H19N3OS. The maximum absolute atomic E-state index is 10.9. The van der Waals surface area contributed by atoms with E-state index in [1.165, 1.54) is 4.88 Å². The monoisotopic (exact) mass is 397 g/mol. The van der Waals surface area contributed by atoms with Crippen LogP contribution in [0.1, 0.15) is 21.8 Å². The summed E-state index contributed by atoms with van der Waals surface area (Å²) in [5.41, 5.74) is 5.22. The van der Waals surface area contributed by atoms with Crippen LogP contribution in [-0.2, 0) is 12.8 Å². The average molecular weight is 398 g/mol. The molecule has 5 rings (SSSR count). The van der Waals surface area contributed by atoms with Crippen molar-refractivity contribution in [1.82, 2.24) is 14.4 Å². The van der Waals surface area contributed by atoms with Crippen molar-refractivity contribution in [2.45, 2.75) is 12.8 Å². The Balaban J connectivity index is 1.67. The predicted octanol–water partition coefficient (Wildman–Crippen LogP) is 5.35. The Morgan fingerprint density at radius 3 is 2.28 bits per heavy atom. The third-order valence-corrected chi connectivity index (χ3v) is 5.80. The van der Waals surface area contributed by atoms with Gasteiger partial charge in [-0.3, -0.25) is 4.40 Å². The summed E-state index contributed by atoms with van der Waals surface area (Å²) in [4.78, 5) is 10.9. The zero-order chi connectivity index (χ0) is 19.6. The fourth-order valence-corrected chi connectivity index (χ4v) is 4.21. The second-order valence-electron chi connectivity index (χ2n) is 6.93. The first kappa shape index (κ1) is 17.6. The van der Waals surface area contributed by atoms with Crippen molar-refractivity contribution in [3.63, 3.8) is 0 Å². The minimum atomic E-state index is 0.183.